The van der Waals surface area contributed by atoms with Crippen molar-refractivity contribution in [1.82, 2.24) is 4.98 Å². The summed E-state index contributed by atoms with van der Waals surface area (Å²) in [5.74, 6) is 0.633. The van der Waals surface area contributed by atoms with E-state index in [9.17, 15) is 8.42 Å². The van der Waals surface area contributed by atoms with Gasteiger partial charge in [0.15, 0.2) is 5.82 Å². The molecule has 2 heterocycles. The van der Waals surface area contributed by atoms with Crippen molar-refractivity contribution in [2.45, 2.75) is 18.7 Å². The van der Waals surface area contributed by atoms with Gasteiger partial charge in [-0.15, -0.1) is 0 Å². The number of benzene rings is 1. The number of morpholine rings is 1. The Kier molecular flexibility index (Phi) is 4.73. The normalized spacial score (nSPS) is 15.3. The van der Waals surface area contributed by atoms with E-state index in [1.165, 1.54) is 0 Å². The van der Waals surface area contributed by atoms with E-state index in [2.05, 4.69) is 9.71 Å². The number of pyridine rings is 1. The van der Waals surface area contributed by atoms with Gasteiger partial charge in [-0.25, -0.2) is 13.4 Å². The van der Waals surface area contributed by atoms with Crippen LogP contribution in [-0.4, -0.2) is 39.7 Å². The minimum atomic E-state index is -3.67. The molecule has 1 saturated heterocycles. The molecule has 128 valence electrons. The van der Waals surface area contributed by atoms with Crippen LogP contribution >= 0.6 is 0 Å². The van der Waals surface area contributed by atoms with E-state index in [0.29, 0.717) is 37.8 Å². The number of sulfonamides is 1. The van der Waals surface area contributed by atoms with Gasteiger partial charge in [-0.2, -0.15) is 0 Å². The third-order valence-electron chi connectivity index (χ3n) is 3.96. The van der Waals surface area contributed by atoms with Crippen molar-refractivity contribution in [3.63, 3.8) is 0 Å². The number of hydrogen-bond donors (Lipinski definition) is 1. The second-order valence-electron chi connectivity index (χ2n) is 5.85. The molecule has 1 aromatic heterocycles. The number of aromatic nitrogens is 1. The predicted molar refractivity (Wildman–Crippen MR) is 94.0 cm³/mol. The topological polar surface area (TPSA) is 71.5 Å². The first-order valence-corrected chi connectivity index (χ1v) is 9.33. The Balaban J connectivity index is 1.93. The molecule has 1 N–H and O–H groups in total. The summed E-state index contributed by atoms with van der Waals surface area (Å²) in [7, 11) is -3.67. The third-order valence-corrected chi connectivity index (χ3v) is 5.49. The van der Waals surface area contributed by atoms with E-state index in [4.69, 9.17) is 4.74 Å². The average Bonchev–Trinajstić information content (AvgIpc) is 2.55. The number of hydrogen-bond acceptors (Lipinski definition) is 5. The molecule has 3 rings (SSSR count). The molecule has 1 aliphatic heterocycles. The van der Waals surface area contributed by atoms with Gasteiger partial charge in [-0.3, -0.25) is 4.72 Å². The maximum atomic E-state index is 12.8. The van der Waals surface area contributed by atoms with Crippen LogP contribution in [0.3, 0.4) is 0 Å². The Morgan fingerprint density at radius 3 is 2.62 bits per heavy atom. The molecular formula is C17H21N3O3S. The van der Waals surface area contributed by atoms with Gasteiger partial charge in [0.2, 0.25) is 0 Å². The van der Waals surface area contributed by atoms with Gasteiger partial charge >= 0.3 is 0 Å². The van der Waals surface area contributed by atoms with Crippen LogP contribution in [0.25, 0.3) is 0 Å². The van der Waals surface area contributed by atoms with Crippen molar-refractivity contribution in [2.75, 3.05) is 35.9 Å². The minimum absolute atomic E-state index is 0.282. The van der Waals surface area contributed by atoms with Crippen molar-refractivity contribution in [3.05, 3.63) is 47.7 Å². The van der Waals surface area contributed by atoms with Crippen molar-refractivity contribution < 1.29 is 13.2 Å². The first-order valence-electron chi connectivity index (χ1n) is 7.85. The fourth-order valence-electron chi connectivity index (χ4n) is 2.80. The summed E-state index contributed by atoms with van der Waals surface area (Å²) in [6, 6.07) is 8.76. The number of nitrogens with one attached hydrogen (secondary N) is 1. The largest absolute Gasteiger partial charge is 0.378 e. The van der Waals surface area contributed by atoms with Crippen molar-refractivity contribution in [1.29, 1.82) is 0 Å². The zero-order chi connectivity index (χ0) is 17.2. The van der Waals surface area contributed by atoms with Crippen molar-refractivity contribution >= 4 is 21.5 Å². The maximum Gasteiger partial charge on any atom is 0.262 e. The molecule has 6 nitrogen and oxygen atoms in total. The van der Waals surface area contributed by atoms with E-state index in [1.54, 1.807) is 37.4 Å². The second kappa shape index (κ2) is 6.78. The molecule has 0 aliphatic carbocycles. The Hall–Kier alpha value is -2.12. The van der Waals surface area contributed by atoms with Crippen LogP contribution in [0, 0.1) is 13.8 Å². The van der Waals surface area contributed by atoms with E-state index in [-0.39, 0.29) is 4.90 Å². The van der Waals surface area contributed by atoms with Crippen LogP contribution in [0.2, 0.25) is 0 Å². The Labute approximate surface area is 142 Å². The molecule has 24 heavy (non-hydrogen) atoms. The van der Waals surface area contributed by atoms with Crippen LogP contribution in [0.4, 0.5) is 11.5 Å². The molecule has 0 bridgehead atoms. The number of aryl methyl sites for hydroxylation is 2. The monoisotopic (exact) mass is 347 g/mol. The van der Waals surface area contributed by atoms with E-state index in [0.717, 1.165) is 11.1 Å². The Morgan fingerprint density at radius 1 is 1.17 bits per heavy atom. The van der Waals surface area contributed by atoms with Gasteiger partial charge < -0.3 is 9.64 Å². The summed E-state index contributed by atoms with van der Waals surface area (Å²) in [5.41, 5.74) is 2.24. The fourth-order valence-corrected chi connectivity index (χ4v) is 4.09. The SMILES string of the molecule is Cc1ccc(S(=O)(=O)Nc2cccnc2N2CCOCC2)c(C)c1. The molecule has 0 amide bonds. The molecule has 0 unspecified atom stereocenters. The summed E-state index contributed by atoms with van der Waals surface area (Å²) in [6.07, 6.45) is 1.67. The van der Waals surface area contributed by atoms with Crippen LogP contribution in [0.5, 0.6) is 0 Å². The molecule has 2 aromatic rings. The molecule has 0 saturated carbocycles. The van der Waals surface area contributed by atoms with Gasteiger partial charge in [-0.05, 0) is 37.6 Å². The highest BCUT2D eigenvalue weighted by atomic mass is 32.2. The summed E-state index contributed by atoms with van der Waals surface area (Å²) in [6.45, 7) is 6.34. The smallest absolute Gasteiger partial charge is 0.262 e. The van der Waals surface area contributed by atoms with Crippen LogP contribution < -0.4 is 9.62 Å². The highest BCUT2D eigenvalue weighted by Crippen LogP contribution is 2.27. The summed E-state index contributed by atoms with van der Waals surface area (Å²) < 4.78 is 33.6. The molecule has 1 aliphatic rings. The van der Waals surface area contributed by atoms with E-state index in [1.807, 2.05) is 17.9 Å². The summed E-state index contributed by atoms with van der Waals surface area (Å²) in [5, 5.41) is 0. The van der Waals surface area contributed by atoms with Gasteiger partial charge in [0.1, 0.15) is 0 Å². The number of rotatable bonds is 4. The number of ether oxygens (including phenoxy) is 1. The molecule has 1 aromatic carbocycles. The van der Waals surface area contributed by atoms with Crippen molar-refractivity contribution in [3.8, 4) is 0 Å². The Morgan fingerprint density at radius 2 is 1.92 bits per heavy atom. The fraction of sp³-hybridized carbons (Fsp3) is 0.353. The zero-order valence-corrected chi connectivity index (χ0v) is 14.6. The second-order valence-corrected chi connectivity index (χ2v) is 7.50. The highest BCUT2D eigenvalue weighted by molar-refractivity contribution is 7.92. The van der Waals surface area contributed by atoms with Crippen molar-refractivity contribution in [2.24, 2.45) is 0 Å². The predicted octanol–water partition coefficient (Wildman–Crippen LogP) is 2.34. The van der Waals surface area contributed by atoms with Gasteiger partial charge in [-0.1, -0.05) is 17.7 Å². The number of anilines is 2. The summed E-state index contributed by atoms with van der Waals surface area (Å²) >= 11 is 0. The highest BCUT2D eigenvalue weighted by Gasteiger charge is 2.21. The van der Waals surface area contributed by atoms with Gasteiger partial charge in [0.05, 0.1) is 23.8 Å². The first kappa shape index (κ1) is 16.7. The molecule has 0 spiro atoms. The quantitative estimate of drug-likeness (QED) is 0.919. The molecule has 0 radical (unpaired) electrons. The zero-order valence-electron chi connectivity index (χ0n) is 13.8. The maximum absolute atomic E-state index is 12.8. The summed E-state index contributed by atoms with van der Waals surface area (Å²) in [4.78, 5) is 6.67. The minimum Gasteiger partial charge on any atom is -0.378 e. The Bertz CT molecular complexity index is 831. The van der Waals surface area contributed by atoms with E-state index < -0.39 is 10.0 Å². The first-order chi connectivity index (χ1) is 11.5. The lowest BCUT2D eigenvalue weighted by Crippen LogP contribution is -2.37. The third kappa shape index (κ3) is 3.52. The molecule has 0 atom stereocenters. The van der Waals surface area contributed by atoms with Crippen LogP contribution in [0.1, 0.15) is 11.1 Å². The van der Waals surface area contributed by atoms with Gasteiger partial charge in [0, 0.05) is 19.3 Å². The lowest BCUT2D eigenvalue weighted by molar-refractivity contribution is 0.122. The van der Waals surface area contributed by atoms with E-state index >= 15 is 0 Å². The lowest BCUT2D eigenvalue weighted by Gasteiger charge is -2.29. The molecule has 1 fully saturated rings. The number of nitrogens with zero attached hydrogens (tertiary/aromatic N) is 2. The van der Waals surface area contributed by atoms with Crippen LogP contribution in [0.15, 0.2) is 41.4 Å². The van der Waals surface area contributed by atoms with Gasteiger partial charge in [0.25, 0.3) is 10.0 Å². The lowest BCUT2D eigenvalue weighted by atomic mass is 10.2. The average molecular weight is 347 g/mol. The molecule has 7 heteroatoms. The molecular weight excluding hydrogens is 326 g/mol. The van der Waals surface area contributed by atoms with Crippen LogP contribution in [-0.2, 0) is 14.8 Å². The standard InChI is InChI=1S/C17H21N3O3S/c1-13-5-6-16(14(2)12-13)24(21,22)19-15-4-3-7-18-17(15)20-8-10-23-11-9-20/h3-7,12,19H,8-11H2,1-2H3.